The zero-order valence-corrected chi connectivity index (χ0v) is 12.0. The van der Waals surface area contributed by atoms with Crippen molar-refractivity contribution >= 4 is 31.9 Å². The first-order chi connectivity index (χ1) is 8.38. The van der Waals surface area contributed by atoms with E-state index in [1.165, 1.54) is 6.07 Å². The third-order valence-corrected chi connectivity index (χ3v) is 4.31. The van der Waals surface area contributed by atoms with Crippen molar-refractivity contribution in [3.63, 3.8) is 0 Å². The first kappa shape index (κ1) is 14.7. The maximum absolute atomic E-state index is 12.0. The number of benzene rings is 1. The van der Waals surface area contributed by atoms with Crippen LogP contribution in [0.4, 0.5) is 0 Å². The molecule has 1 aromatic carbocycles. The molecule has 0 radical (unpaired) electrons. The number of halogens is 1. The zero-order chi connectivity index (χ0) is 13.8. The van der Waals surface area contributed by atoms with E-state index in [1.807, 2.05) is 0 Å². The van der Waals surface area contributed by atoms with Gasteiger partial charge in [-0.15, -0.1) is 0 Å². The summed E-state index contributed by atoms with van der Waals surface area (Å²) in [6, 6.07) is 6.25. The van der Waals surface area contributed by atoms with Gasteiger partial charge in [0, 0.05) is 4.47 Å². The van der Waals surface area contributed by atoms with Crippen molar-refractivity contribution in [2.24, 2.45) is 0 Å². The third kappa shape index (κ3) is 3.58. The number of carbonyl (C=O) groups is 1. The molecular weight excluding hydrogens is 322 g/mol. The predicted octanol–water partition coefficient (Wildman–Crippen LogP) is 1.80. The number of hydrogen-bond donors (Lipinski definition) is 1. The second-order valence-corrected chi connectivity index (χ2v) is 5.74. The highest BCUT2D eigenvalue weighted by Crippen LogP contribution is 2.21. The molecule has 0 unspecified atom stereocenters. The Morgan fingerprint density at radius 3 is 2.61 bits per heavy atom. The highest BCUT2D eigenvalue weighted by atomic mass is 79.9. The van der Waals surface area contributed by atoms with Crippen molar-refractivity contribution in [1.29, 1.82) is 0 Å². The summed E-state index contributed by atoms with van der Waals surface area (Å²) in [6.45, 7) is 5.10. The molecule has 0 aliphatic rings. The first-order valence-electron chi connectivity index (χ1n) is 5.02. The van der Waals surface area contributed by atoms with Gasteiger partial charge in [-0.3, -0.25) is 4.72 Å². The standard InChI is InChI=1S/C11H12BrNO4S/c1-3-17-11(14)8(2)13-18(15,16)10-7-5-4-6-9(10)12/h4-7,13H,2-3H2,1H3. The Morgan fingerprint density at radius 2 is 2.06 bits per heavy atom. The third-order valence-electron chi connectivity index (χ3n) is 1.91. The Hall–Kier alpha value is -1.34. The van der Waals surface area contributed by atoms with Gasteiger partial charge < -0.3 is 4.74 Å². The van der Waals surface area contributed by atoms with E-state index in [0.717, 1.165) is 0 Å². The first-order valence-corrected chi connectivity index (χ1v) is 7.29. The molecule has 0 spiro atoms. The molecule has 0 bridgehead atoms. The van der Waals surface area contributed by atoms with Crippen molar-refractivity contribution in [3.05, 3.63) is 41.0 Å². The van der Waals surface area contributed by atoms with Crippen LogP contribution in [0.25, 0.3) is 0 Å². The van der Waals surface area contributed by atoms with E-state index in [4.69, 9.17) is 0 Å². The Bertz CT molecular complexity index is 568. The van der Waals surface area contributed by atoms with Crippen LogP contribution in [0.2, 0.25) is 0 Å². The minimum atomic E-state index is -3.85. The molecule has 0 amide bonds. The van der Waals surface area contributed by atoms with Crippen molar-refractivity contribution in [2.75, 3.05) is 6.61 Å². The van der Waals surface area contributed by atoms with E-state index >= 15 is 0 Å². The van der Waals surface area contributed by atoms with E-state index in [-0.39, 0.29) is 17.2 Å². The minimum Gasteiger partial charge on any atom is -0.461 e. The van der Waals surface area contributed by atoms with Crippen LogP contribution in [0.15, 0.2) is 45.9 Å². The van der Waals surface area contributed by atoms with Gasteiger partial charge in [-0.25, -0.2) is 13.2 Å². The lowest BCUT2D eigenvalue weighted by atomic mass is 10.4. The monoisotopic (exact) mass is 333 g/mol. The van der Waals surface area contributed by atoms with Gasteiger partial charge in [0.1, 0.15) is 10.6 Å². The molecule has 18 heavy (non-hydrogen) atoms. The molecule has 0 aliphatic carbocycles. The predicted molar refractivity (Wildman–Crippen MR) is 70.2 cm³/mol. The van der Waals surface area contributed by atoms with E-state index in [9.17, 15) is 13.2 Å². The lowest BCUT2D eigenvalue weighted by Gasteiger charge is -2.10. The normalized spacial score (nSPS) is 10.8. The summed E-state index contributed by atoms with van der Waals surface area (Å²) in [6.07, 6.45) is 0. The highest BCUT2D eigenvalue weighted by molar-refractivity contribution is 9.10. The van der Waals surface area contributed by atoms with Gasteiger partial charge in [0.05, 0.1) is 6.61 Å². The van der Waals surface area contributed by atoms with Crippen molar-refractivity contribution in [1.82, 2.24) is 4.72 Å². The van der Waals surface area contributed by atoms with Crippen LogP contribution in [0.1, 0.15) is 6.92 Å². The summed E-state index contributed by atoms with van der Waals surface area (Å²) in [4.78, 5) is 11.3. The molecule has 1 N–H and O–H groups in total. The van der Waals surface area contributed by atoms with E-state index in [0.29, 0.717) is 4.47 Å². The number of esters is 1. The Labute approximate surface area is 114 Å². The van der Waals surface area contributed by atoms with E-state index < -0.39 is 16.0 Å². The van der Waals surface area contributed by atoms with Crippen molar-refractivity contribution in [2.45, 2.75) is 11.8 Å². The van der Waals surface area contributed by atoms with Gasteiger partial charge >= 0.3 is 5.97 Å². The molecular formula is C11H12BrNO4S. The fourth-order valence-electron chi connectivity index (χ4n) is 1.14. The second kappa shape index (κ2) is 6.01. The number of sulfonamides is 1. The second-order valence-electron chi connectivity index (χ2n) is 3.23. The molecule has 5 nitrogen and oxygen atoms in total. The molecule has 1 aromatic rings. The summed E-state index contributed by atoms with van der Waals surface area (Å²) in [5, 5.41) is 0. The number of ether oxygens (including phenoxy) is 1. The van der Waals surface area contributed by atoms with Crippen LogP contribution >= 0.6 is 15.9 Å². The van der Waals surface area contributed by atoms with Gasteiger partial charge in [-0.05, 0) is 35.0 Å². The van der Waals surface area contributed by atoms with E-state index in [2.05, 4.69) is 32.0 Å². The Balaban J connectivity index is 2.94. The number of rotatable bonds is 5. The van der Waals surface area contributed by atoms with Gasteiger partial charge in [0.2, 0.25) is 0 Å². The fourth-order valence-corrected chi connectivity index (χ4v) is 3.16. The average molecular weight is 334 g/mol. The van der Waals surface area contributed by atoms with Crippen LogP contribution in [0.5, 0.6) is 0 Å². The number of carbonyl (C=O) groups excluding carboxylic acids is 1. The summed E-state index contributed by atoms with van der Waals surface area (Å²) >= 11 is 3.12. The number of nitrogens with one attached hydrogen (secondary N) is 1. The summed E-state index contributed by atoms with van der Waals surface area (Å²) in [7, 11) is -3.85. The summed E-state index contributed by atoms with van der Waals surface area (Å²) < 4.78 is 31.0. The molecule has 1 rings (SSSR count). The smallest absolute Gasteiger partial charge is 0.354 e. The Morgan fingerprint density at radius 1 is 1.44 bits per heavy atom. The largest absolute Gasteiger partial charge is 0.461 e. The minimum absolute atomic E-state index is 0.0236. The molecule has 0 saturated carbocycles. The lowest BCUT2D eigenvalue weighted by Crippen LogP contribution is -2.28. The van der Waals surface area contributed by atoms with E-state index in [1.54, 1.807) is 25.1 Å². The van der Waals surface area contributed by atoms with Crippen molar-refractivity contribution < 1.29 is 17.9 Å². The van der Waals surface area contributed by atoms with Gasteiger partial charge in [-0.1, -0.05) is 18.7 Å². The molecule has 7 heteroatoms. The highest BCUT2D eigenvalue weighted by Gasteiger charge is 2.20. The van der Waals surface area contributed by atoms with Crippen molar-refractivity contribution in [3.8, 4) is 0 Å². The van der Waals surface area contributed by atoms with Crippen LogP contribution in [0.3, 0.4) is 0 Å². The topological polar surface area (TPSA) is 72.5 Å². The lowest BCUT2D eigenvalue weighted by molar-refractivity contribution is -0.138. The SMILES string of the molecule is C=C(NS(=O)(=O)c1ccccc1Br)C(=O)OCC. The van der Waals surface area contributed by atoms with Crippen LogP contribution in [0, 0.1) is 0 Å². The quantitative estimate of drug-likeness (QED) is 0.658. The molecule has 0 heterocycles. The fraction of sp³-hybridized carbons (Fsp3) is 0.182. The van der Waals surface area contributed by atoms with Crippen LogP contribution in [-0.4, -0.2) is 21.0 Å². The molecule has 0 saturated heterocycles. The van der Waals surface area contributed by atoms with Gasteiger partial charge in [0.15, 0.2) is 0 Å². The molecule has 0 aromatic heterocycles. The van der Waals surface area contributed by atoms with Crippen LogP contribution in [-0.2, 0) is 19.6 Å². The maximum atomic E-state index is 12.0. The maximum Gasteiger partial charge on any atom is 0.354 e. The molecule has 0 aliphatic heterocycles. The van der Waals surface area contributed by atoms with Gasteiger partial charge in [0.25, 0.3) is 10.0 Å². The summed E-state index contributed by atoms with van der Waals surface area (Å²) in [5.41, 5.74) is -0.326. The number of hydrogen-bond acceptors (Lipinski definition) is 4. The molecule has 98 valence electrons. The zero-order valence-electron chi connectivity index (χ0n) is 9.64. The van der Waals surface area contributed by atoms with Crippen LogP contribution < -0.4 is 4.72 Å². The average Bonchev–Trinajstić information content (AvgIpc) is 2.29. The summed E-state index contributed by atoms with van der Waals surface area (Å²) in [5.74, 6) is -0.798. The van der Waals surface area contributed by atoms with Gasteiger partial charge in [-0.2, -0.15) is 0 Å². The molecule has 0 atom stereocenters. The Kier molecular flexibility index (Phi) is 4.92. The molecule has 0 fully saturated rings.